The summed E-state index contributed by atoms with van der Waals surface area (Å²) in [5.74, 6) is 1.99. The summed E-state index contributed by atoms with van der Waals surface area (Å²) in [5.41, 5.74) is 1.37. The van der Waals surface area contributed by atoms with Crippen molar-refractivity contribution in [2.75, 3.05) is 13.2 Å². The van der Waals surface area contributed by atoms with Crippen LogP contribution >= 0.6 is 0 Å². The third-order valence-corrected chi connectivity index (χ3v) is 3.26. The van der Waals surface area contributed by atoms with Gasteiger partial charge in [-0.05, 0) is 28.6 Å². The van der Waals surface area contributed by atoms with E-state index in [2.05, 4.69) is 15.5 Å². The molecule has 3 heterocycles. The van der Waals surface area contributed by atoms with Gasteiger partial charge in [0.05, 0.1) is 5.69 Å². The fraction of sp³-hybridized carbons (Fsp3) is 0.143. The number of furan rings is 1. The minimum absolute atomic E-state index is 0.243. The maximum absolute atomic E-state index is 10.8. The predicted octanol–water partition coefficient (Wildman–Crippen LogP) is 1.51. The van der Waals surface area contributed by atoms with Crippen LogP contribution in [0.5, 0.6) is 11.5 Å². The van der Waals surface area contributed by atoms with Crippen LogP contribution in [0.4, 0.5) is 0 Å². The molecular formula is C14H10N4O4. The zero-order chi connectivity index (χ0) is 14.9. The minimum Gasteiger partial charge on any atom is -0.486 e. The maximum atomic E-state index is 10.8. The molecule has 3 aromatic rings. The van der Waals surface area contributed by atoms with Crippen LogP contribution in [0.3, 0.4) is 0 Å². The Bertz CT molecular complexity index is 825. The van der Waals surface area contributed by atoms with Crippen LogP contribution in [0, 0.1) is 0 Å². The molecule has 0 amide bonds. The lowest BCUT2D eigenvalue weighted by atomic mass is 10.1. The van der Waals surface area contributed by atoms with Crippen molar-refractivity contribution in [1.29, 1.82) is 0 Å². The molecule has 2 aromatic heterocycles. The number of fused-ring (bicyclic) bond motifs is 1. The predicted molar refractivity (Wildman–Crippen MR) is 73.2 cm³/mol. The van der Waals surface area contributed by atoms with Gasteiger partial charge in [-0.15, -0.1) is 5.10 Å². The van der Waals surface area contributed by atoms with E-state index in [1.54, 1.807) is 24.3 Å². The topological polar surface area (TPSA) is 92.3 Å². The van der Waals surface area contributed by atoms with Crippen molar-refractivity contribution in [3.05, 3.63) is 36.4 Å². The molecule has 0 aliphatic carbocycles. The molecule has 1 aliphatic rings. The highest BCUT2D eigenvalue weighted by Gasteiger charge is 2.20. The van der Waals surface area contributed by atoms with E-state index >= 15 is 0 Å². The molecule has 1 aromatic carbocycles. The summed E-state index contributed by atoms with van der Waals surface area (Å²) in [5, 5.41) is 11.2. The third kappa shape index (κ3) is 2.01. The van der Waals surface area contributed by atoms with Gasteiger partial charge in [0.25, 0.3) is 0 Å². The van der Waals surface area contributed by atoms with Crippen molar-refractivity contribution >= 4 is 6.29 Å². The number of hydrogen-bond acceptors (Lipinski definition) is 7. The Balaban J connectivity index is 1.92. The number of aromatic nitrogens is 4. The number of aldehydes is 1. The standard InChI is InChI=1S/C14H10N4O4/c19-7-9-1-2-12(22-9)10-5-13-14(21-4-3-20-13)6-11(10)18-8-15-16-17-18/h1-2,5-8H,3-4H2. The van der Waals surface area contributed by atoms with Crippen LogP contribution < -0.4 is 9.47 Å². The van der Waals surface area contributed by atoms with Gasteiger partial charge in [0.15, 0.2) is 23.5 Å². The third-order valence-electron chi connectivity index (χ3n) is 3.26. The Kier molecular flexibility index (Phi) is 2.85. The second-order valence-corrected chi connectivity index (χ2v) is 4.59. The first-order chi connectivity index (χ1) is 10.8. The van der Waals surface area contributed by atoms with Gasteiger partial charge in [-0.1, -0.05) is 0 Å². The average Bonchev–Trinajstić information content (AvgIpc) is 3.25. The number of ether oxygens (including phenoxy) is 2. The number of carbonyl (C=O) groups is 1. The molecule has 22 heavy (non-hydrogen) atoms. The van der Waals surface area contributed by atoms with E-state index in [-0.39, 0.29) is 5.76 Å². The minimum atomic E-state index is 0.243. The van der Waals surface area contributed by atoms with Crippen molar-refractivity contribution < 1.29 is 18.7 Å². The van der Waals surface area contributed by atoms with Gasteiger partial charge in [-0.2, -0.15) is 4.68 Å². The first-order valence-corrected chi connectivity index (χ1v) is 6.57. The highest BCUT2D eigenvalue weighted by Crippen LogP contribution is 2.39. The Labute approximate surface area is 124 Å². The number of hydrogen-bond donors (Lipinski definition) is 0. The monoisotopic (exact) mass is 298 g/mol. The summed E-state index contributed by atoms with van der Waals surface area (Å²) in [4.78, 5) is 10.8. The normalized spacial score (nSPS) is 13.1. The van der Waals surface area contributed by atoms with E-state index < -0.39 is 0 Å². The van der Waals surface area contributed by atoms with Crippen LogP contribution in [0.1, 0.15) is 10.6 Å². The molecule has 8 heteroatoms. The molecule has 0 bridgehead atoms. The fourth-order valence-electron chi connectivity index (χ4n) is 2.30. The molecule has 0 unspecified atom stereocenters. The van der Waals surface area contributed by atoms with Crippen molar-refractivity contribution in [2.45, 2.75) is 0 Å². The number of tetrazole rings is 1. The number of rotatable bonds is 3. The van der Waals surface area contributed by atoms with Gasteiger partial charge < -0.3 is 13.9 Å². The SMILES string of the molecule is O=Cc1ccc(-c2cc3c(cc2-n2cnnn2)OCCO3)o1. The maximum Gasteiger partial charge on any atom is 0.185 e. The van der Waals surface area contributed by atoms with E-state index in [0.29, 0.717) is 48.0 Å². The lowest BCUT2D eigenvalue weighted by molar-refractivity contribution is 0.110. The van der Waals surface area contributed by atoms with E-state index in [1.165, 1.54) is 11.0 Å². The van der Waals surface area contributed by atoms with Crippen molar-refractivity contribution in [3.63, 3.8) is 0 Å². The highest BCUT2D eigenvalue weighted by atomic mass is 16.6. The van der Waals surface area contributed by atoms with E-state index in [4.69, 9.17) is 13.9 Å². The van der Waals surface area contributed by atoms with E-state index in [0.717, 1.165) is 0 Å². The quantitative estimate of drug-likeness (QED) is 0.676. The second-order valence-electron chi connectivity index (χ2n) is 4.59. The number of benzene rings is 1. The Hall–Kier alpha value is -3.16. The van der Waals surface area contributed by atoms with Gasteiger partial charge in [0, 0.05) is 11.6 Å². The first kappa shape index (κ1) is 12.6. The van der Waals surface area contributed by atoms with E-state index in [9.17, 15) is 4.79 Å². The molecule has 110 valence electrons. The van der Waals surface area contributed by atoms with Crippen LogP contribution in [0.15, 0.2) is 35.0 Å². The largest absolute Gasteiger partial charge is 0.486 e. The summed E-state index contributed by atoms with van der Waals surface area (Å²) in [6, 6.07) is 6.88. The van der Waals surface area contributed by atoms with Gasteiger partial charge in [-0.3, -0.25) is 4.79 Å². The highest BCUT2D eigenvalue weighted by molar-refractivity contribution is 5.77. The number of nitrogens with zero attached hydrogens (tertiary/aromatic N) is 4. The van der Waals surface area contributed by atoms with Crippen LogP contribution in [-0.4, -0.2) is 39.7 Å². The van der Waals surface area contributed by atoms with E-state index in [1.807, 2.05) is 0 Å². The first-order valence-electron chi connectivity index (χ1n) is 6.57. The molecule has 0 saturated heterocycles. The molecule has 0 atom stereocenters. The smallest absolute Gasteiger partial charge is 0.185 e. The lowest BCUT2D eigenvalue weighted by Crippen LogP contribution is -2.16. The fourth-order valence-corrected chi connectivity index (χ4v) is 2.30. The molecule has 4 rings (SSSR count). The van der Waals surface area contributed by atoms with Gasteiger partial charge in [-0.25, -0.2) is 0 Å². The molecular weight excluding hydrogens is 288 g/mol. The van der Waals surface area contributed by atoms with Crippen molar-refractivity contribution in [3.8, 4) is 28.5 Å². The zero-order valence-electron chi connectivity index (χ0n) is 11.3. The molecule has 0 radical (unpaired) electrons. The average molecular weight is 298 g/mol. The van der Waals surface area contributed by atoms with Gasteiger partial charge in [0.2, 0.25) is 0 Å². The Morgan fingerprint density at radius 3 is 2.64 bits per heavy atom. The lowest BCUT2D eigenvalue weighted by Gasteiger charge is -2.20. The second kappa shape index (κ2) is 4.99. The molecule has 0 fully saturated rings. The molecule has 1 aliphatic heterocycles. The van der Waals surface area contributed by atoms with Gasteiger partial charge >= 0.3 is 0 Å². The summed E-state index contributed by atoms with van der Waals surface area (Å²) >= 11 is 0. The number of carbonyl (C=O) groups excluding carboxylic acids is 1. The molecule has 8 nitrogen and oxygen atoms in total. The zero-order valence-corrected chi connectivity index (χ0v) is 11.3. The summed E-state index contributed by atoms with van der Waals surface area (Å²) in [6.45, 7) is 0.964. The van der Waals surface area contributed by atoms with Crippen molar-refractivity contribution in [1.82, 2.24) is 20.2 Å². The van der Waals surface area contributed by atoms with Gasteiger partial charge in [0.1, 0.15) is 25.3 Å². The van der Waals surface area contributed by atoms with Crippen LogP contribution in [-0.2, 0) is 0 Å². The van der Waals surface area contributed by atoms with Crippen LogP contribution in [0.25, 0.3) is 17.0 Å². The molecule has 0 saturated carbocycles. The summed E-state index contributed by atoms with van der Waals surface area (Å²) < 4.78 is 18.2. The summed E-state index contributed by atoms with van der Waals surface area (Å²) in [7, 11) is 0. The Morgan fingerprint density at radius 1 is 1.14 bits per heavy atom. The van der Waals surface area contributed by atoms with Crippen molar-refractivity contribution in [2.24, 2.45) is 0 Å². The molecule has 0 N–H and O–H groups in total. The van der Waals surface area contributed by atoms with Crippen LogP contribution in [0.2, 0.25) is 0 Å². The molecule has 0 spiro atoms. The Morgan fingerprint density at radius 2 is 1.95 bits per heavy atom. The summed E-state index contributed by atoms with van der Waals surface area (Å²) in [6.07, 6.45) is 2.12.